The molecule has 2 atom stereocenters. The summed E-state index contributed by atoms with van der Waals surface area (Å²) in [5, 5.41) is 5.22. The summed E-state index contributed by atoms with van der Waals surface area (Å²) in [5.74, 6) is -2.36. The van der Waals surface area contributed by atoms with Gasteiger partial charge < -0.3 is 41.7 Å². The topological polar surface area (TPSA) is 191 Å². The molecule has 0 amide bonds. The van der Waals surface area contributed by atoms with Crippen molar-refractivity contribution in [2.24, 2.45) is 0 Å². The van der Waals surface area contributed by atoms with Gasteiger partial charge in [-0.25, -0.2) is 0 Å². The van der Waals surface area contributed by atoms with Crippen molar-refractivity contribution in [2.75, 3.05) is 22.1 Å². The molecular formula is C23H29F3N4O6P2. The minimum absolute atomic E-state index is 0.00942. The zero-order valence-corrected chi connectivity index (χ0v) is 22.1. The van der Waals surface area contributed by atoms with Crippen molar-refractivity contribution in [1.29, 1.82) is 0 Å². The highest BCUT2D eigenvalue weighted by atomic mass is 31.2. The van der Waals surface area contributed by atoms with Gasteiger partial charge >= 0.3 is 21.4 Å². The molecule has 10 N–H and O–H groups in total. The Morgan fingerprint density at radius 2 is 1.32 bits per heavy atom. The fourth-order valence-corrected chi connectivity index (χ4v) is 4.31. The lowest BCUT2D eigenvalue weighted by molar-refractivity contribution is -0.137. The molecule has 3 rings (SSSR count). The lowest BCUT2D eigenvalue weighted by atomic mass is 10.1. The number of anilines is 4. The average Bonchev–Trinajstić information content (AvgIpc) is 2.79. The molecule has 0 fully saturated rings. The number of nitrogens with two attached hydrogens (primary N) is 2. The van der Waals surface area contributed by atoms with Crippen LogP contribution in [-0.2, 0) is 15.3 Å². The molecular weight excluding hydrogens is 547 g/mol. The molecule has 2 unspecified atom stereocenters. The van der Waals surface area contributed by atoms with Gasteiger partial charge in [0, 0.05) is 0 Å². The first-order chi connectivity index (χ1) is 17.4. The molecule has 0 aliphatic rings. The van der Waals surface area contributed by atoms with Crippen LogP contribution in [-0.4, -0.2) is 25.4 Å². The zero-order valence-electron chi connectivity index (χ0n) is 20.3. The summed E-state index contributed by atoms with van der Waals surface area (Å²) in [6.07, 6.45) is -4.55. The summed E-state index contributed by atoms with van der Waals surface area (Å²) in [4.78, 5) is 36.8. The summed E-state index contributed by atoms with van der Waals surface area (Å²) in [7, 11) is -8.74. The van der Waals surface area contributed by atoms with Crippen LogP contribution in [0.4, 0.5) is 35.9 Å². The van der Waals surface area contributed by atoms with Crippen molar-refractivity contribution in [3.05, 3.63) is 83.4 Å². The van der Waals surface area contributed by atoms with Crippen LogP contribution in [0, 0.1) is 6.92 Å². The van der Waals surface area contributed by atoms with Gasteiger partial charge in [0.2, 0.25) is 0 Å². The molecule has 0 aliphatic heterocycles. The van der Waals surface area contributed by atoms with Gasteiger partial charge in [0.1, 0.15) is 5.78 Å². The molecule has 208 valence electrons. The molecule has 0 aliphatic carbocycles. The summed E-state index contributed by atoms with van der Waals surface area (Å²) in [5.41, 5.74) is 12.4. The summed E-state index contributed by atoms with van der Waals surface area (Å²) in [6.45, 7) is 3.31. The van der Waals surface area contributed by atoms with Gasteiger partial charge in [-0.05, 0) is 55.3 Å². The van der Waals surface area contributed by atoms with Gasteiger partial charge in [-0.3, -0.25) is 9.13 Å². The van der Waals surface area contributed by atoms with Crippen LogP contribution in [0.3, 0.4) is 0 Å². The van der Waals surface area contributed by atoms with Gasteiger partial charge in [0.15, 0.2) is 5.78 Å². The first kappa shape index (κ1) is 31.2. The van der Waals surface area contributed by atoms with Crippen LogP contribution in [0.25, 0.3) is 0 Å². The van der Waals surface area contributed by atoms with E-state index in [1.54, 1.807) is 30.3 Å². The van der Waals surface area contributed by atoms with Gasteiger partial charge in [-0.1, -0.05) is 36.4 Å². The van der Waals surface area contributed by atoms with Crippen molar-refractivity contribution in [2.45, 2.75) is 31.6 Å². The third kappa shape index (κ3) is 9.05. The van der Waals surface area contributed by atoms with E-state index in [4.69, 9.17) is 21.3 Å². The Labute approximate surface area is 217 Å². The van der Waals surface area contributed by atoms with E-state index in [9.17, 15) is 32.1 Å². The van der Waals surface area contributed by atoms with Crippen LogP contribution in [0.2, 0.25) is 0 Å². The highest BCUT2D eigenvalue weighted by molar-refractivity contribution is 7.52. The third-order valence-corrected chi connectivity index (χ3v) is 7.44. The number of alkyl halides is 3. The number of halogens is 3. The predicted octanol–water partition coefficient (Wildman–Crippen LogP) is 5.09. The molecule has 0 heterocycles. The number of hydrogen-bond acceptors (Lipinski definition) is 6. The van der Waals surface area contributed by atoms with Gasteiger partial charge in [-0.15, -0.1) is 0 Å². The van der Waals surface area contributed by atoms with Gasteiger partial charge in [-0.2, -0.15) is 13.2 Å². The second kappa shape index (κ2) is 12.2. The van der Waals surface area contributed by atoms with Crippen LogP contribution in [0.15, 0.2) is 66.7 Å². The molecule has 3 aromatic rings. The smallest absolute Gasteiger partial charge is 0.397 e. The fraction of sp³-hybridized carbons (Fsp3) is 0.217. The van der Waals surface area contributed by atoms with E-state index >= 15 is 0 Å². The highest BCUT2D eigenvalue weighted by Gasteiger charge is 2.33. The fourth-order valence-electron chi connectivity index (χ4n) is 3.14. The number of aryl methyl sites for hydroxylation is 1. The maximum Gasteiger partial charge on any atom is 0.416 e. The Bertz CT molecular complexity index is 1330. The van der Waals surface area contributed by atoms with Crippen molar-refractivity contribution in [1.82, 2.24) is 0 Å². The molecule has 0 saturated carbocycles. The SMILES string of the molecule is Cc1ccc(NC(C)P(=O)(O)O)c(N)c1.Nc1cc(C(F)(F)F)ccc1NC(c1ccccc1)P(=O)(O)O. The van der Waals surface area contributed by atoms with E-state index in [2.05, 4.69) is 10.6 Å². The molecule has 0 aromatic heterocycles. The van der Waals surface area contributed by atoms with Crippen molar-refractivity contribution < 1.29 is 41.9 Å². The van der Waals surface area contributed by atoms with Crippen LogP contribution in [0.1, 0.15) is 29.4 Å². The molecule has 0 bridgehead atoms. The summed E-state index contributed by atoms with van der Waals surface area (Å²) in [6, 6.07) is 15.7. The maximum absolute atomic E-state index is 12.6. The van der Waals surface area contributed by atoms with Crippen molar-refractivity contribution in [3.63, 3.8) is 0 Å². The van der Waals surface area contributed by atoms with E-state index in [1.807, 2.05) is 13.0 Å². The second-order valence-corrected chi connectivity index (χ2v) is 12.0. The average molecular weight is 576 g/mol. The third-order valence-electron chi connectivity index (χ3n) is 5.20. The summed E-state index contributed by atoms with van der Waals surface area (Å²) < 4.78 is 60.4. The minimum atomic E-state index is -4.62. The van der Waals surface area contributed by atoms with E-state index in [0.29, 0.717) is 23.0 Å². The standard InChI is InChI=1S/C14H14F3N2O3P.C9H15N2O3P/c15-14(16,17)10-6-7-12(11(18)8-10)19-13(23(20,21)22)9-4-2-1-3-5-9;1-6-3-4-9(8(10)5-6)11-7(2)15(12,13)14/h1-8,13,19H,18H2,(H2,20,21,22);3-5,7,11H,10H2,1-2H3,(H2,12,13,14). The molecule has 15 heteroatoms. The maximum atomic E-state index is 12.6. The van der Waals surface area contributed by atoms with Crippen LogP contribution < -0.4 is 22.1 Å². The van der Waals surface area contributed by atoms with E-state index < -0.39 is 38.5 Å². The van der Waals surface area contributed by atoms with Crippen molar-refractivity contribution >= 4 is 37.9 Å². The van der Waals surface area contributed by atoms with E-state index in [-0.39, 0.29) is 11.4 Å². The summed E-state index contributed by atoms with van der Waals surface area (Å²) >= 11 is 0. The largest absolute Gasteiger partial charge is 0.416 e. The molecule has 38 heavy (non-hydrogen) atoms. The van der Waals surface area contributed by atoms with Crippen LogP contribution in [0.5, 0.6) is 0 Å². The van der Waals surface area contributed by atoms with E-state index in [0.717, 1.165) is 17.7 Å². The number of nitrogens with one attached hydrogen (secondary N) is 2. The molecule has 0 spiro atoms. The molecule has 3 aromatic carbocycles. The quantitative estimate of drug-likeness (QED) is 0.139. The molecule has 0 radical (unpaired) electrons. The lowest BCUT2D eigenvalue weighted by Gasteiger charge is -2.22. The first-order valence-corrected chi connectivity index (χ1v) is 14.3. The van der Waals surface area contributed by atoms with Crippen LogP contribution >= 0.6 is 15.2 Å². The minimum Gasteiger partial charge on any atom is -0.397 e. The lowest BCUT2D eigenvalue weighted by Crippen LogP contribution is -2.16. The Morgan fingerprint density at radius 3 is 1.79 bits per heavy atom. The van der Waals surface area contributed by atoms with Gasteiger partial charge in [0.25, 0.3) is 0 Å². The Morgan fingerprint density at radius 1 is 0.789 bits per heavy atom. The highest BCUT2D eigenvalue weighted by Crippen LogP contribution is 2.52. The molecule has 10 nitrogen and oxygen atoms in total. The first-order valence-electron chi connectivity index (χ1n) is 10.9. The Kier molecular flexibility index (Phi) is 10.0. The number of rotatable bonds is 7. The number of benzene rings is 3. The monoisotopic (exact) mass is 576 g/mol. The number of nitrogen functional groups attached to an aromatic ring is 2. The Hall–Kier alpha value is -3.05. The zero-order chi connectivity index (χ0) is 28.9. The normalized spacial score (nSPS) is 13.6. The van der Waals surface area contributed by atoms with Crippen molar-refractivity contribution in [3.8, 4) is 0 Å². The molecule has 0 saturated heterocycles. The second-order valence-electron chi connectivity index (χ2n) is 8.35. The Balaban J connectivity index is 0.000000293. The van der Waals surface area contributed by atoms with E-state index in [1.165, 1.54) is 19.1 Å². The predicted molar refractivity (Wildman–Crippen MR) is 141 cm³/mol. The van der Waals surface area contributed by atoms with Gasteiger partial charge in [0.05, 0.1) is 28.3 Å². The number of hydrogen-bond donors (Lipinski definition) is 8.